The molecule has 2 N–H and O–H groups in total. The summed E-state index contributed by atoms with van der Waals surface area (Å²) in [5.41, 5.74) is 0. The van der Waals surface area contributed by atoms with E-state index in [0.717, 1.165) is 32.1 Å². The Kier molecular flexibility index (Phi) is 8.34. The van der Waals surface area contributed by atoms with Gasteiger partial charge in [0.15, 0.2) is 0 Å². The Hall–Kier alpha value is 0.110. The van der Waals surface area contributed by atoms with Crippen molar-refractivity contribution in [2.75, 3.05) is 12.8 Å². The average molecular weight is 238 g/mol. The van der Waals surface area contributed by atoms with Crippen molar-refractivity contribution in [1.82, 2.24) is 0 Å². The molecule has 92 valence electrons. The number of aliphatic hydroxyl groups excluding tert-OH is 1. The van der Waals surface area contributed by atoms with Gasteiger partial charge in [0.2, 0.25) is 0 Å². The Morgan fingerprint density at radius 2 is 1.93 bits per heavy atom. The third kappa shape index (κ3) is 7.97. The molecule has 0 aromatic carbocycles. The summed E-state index contributed by atoms with van der Waals surface area (Å²) in [4.78, 5) is 9.38. The quantitative estimate of drug-likeness (QED) is 0.606. The summed E-state index contributed by atoms with van der Waals surface area (Å²) in [6.07, 6.45) is 4.31. The van der Waals surface area contributed by atoms with Crippen LogP contribution in [0.15, 0.2) is 0 Å². The fraction of sp³-hybridized carbons (Fsp3) is 1.00. The van der Waals surface area contributed by atoms with Crippen molar-refractivity contribution < 1.29 is 19.1 Å². The highest BCUT2D eigenvalue weighted by atomic mass is 31.2. The van der Waals surface area contributed by atoms with Gasteiger partial charge >= 0.3 is 7.60 Å². The fourth-order valence-corrected chi connectivity index (χ4v) is 2.45. The maximum atomic E-state index is 11.4. The Bertz CT molecular complexity index is 196. The van der Waals surface area contributed by atoms with E-state index in [-0.39, 0.29) is 18.9 Å². The summed E-state index contributed by atoms with van der Waals surface area (Å²) in [5, 5.41) is 8.61. The highest BCUT2D eigenvalue weighted by Gasteiger charge is 2.23. The molecule has 0 aliphatic carbocycles. The maximum absolute atomic E-state index is 11.4. The van der Waals surface area contributed by atoms with Gasteiger partial charge in [-0.25, -0.2) is 0 Å². The molecule has 0 heterocycles. The molecule has 0 spiro atoms. The third-order valence-electron chi connectivity index (χ3n) is 2.19. The van der Waals surface area contributed by atoms with Gasteiger partial charge in [0.25, 0.3) is 0 Å². The number of hydrogen-bond donors (Lipinski definition) is 2. The molecule has 5 heteroatoms. The summed E-state index contributed by atoms with van der Waals surface area (Å²) in [6.45, 7) is 3.80. The second-order valence-electron chi connectivity index (χ2n) is 3.74. The first-order chi connectivity index (χ1) is 7.05. The number of unbranched alkanes of at least 4 members (excludes halogenated alkanes) is 1. The van der Waals surface area contributed by atoms with Crippen LogP contribution in [-0.2, 0) is 9.09 Å². The maximum Gasteiger partial charge on any atom is 0.330 e. The van der Waals surface area contributed by atoms with Crippen LogP contribution in [0.5, 0.6) is 0 Å². The van der Waals surface area contributed by atoms with Crippen LogP contribution in [0.3, 0.4) is 0 Å². The van der Waals surface area contributed by atoms with E-state index in [1.54, 1.807) is 0 Å². The lowest BCUT2D eigenvalue weighted by Crippen LogP contribution is -2.13. The van der Waals surface area contributed by atoms with Crippen molar-refractivity contribution in [3.05, 3.63) is 0 Å². The van der Waals surface area contributed by atoms with Gasteiger partial charge in [-0.15, -0.1) is 0 Å². The lowest BCUT2D eigenvalue weighted by atomic mass is 10.1. The standard InChI is InChI=1S/C10H23O4P/c1-3-5-7-10(6-4-2)14-15(12,13)9-8-11/h10-11H,3-9H2,1-2H3,(H,12,13). The average Bonchev–Trinajstić information content (AvgIpc) is 2.14. The normalized spacial score (nSPS) is 17.3. The van der Waals surface area contributed by atoms with Gasteiger partial charge in [0.1, 0.15) is 0 Å². The molecule has 2 unspecified atom stereocenters. The molecule has 0 aliphatic heterocycles. The molecule has 0 aromatic rings. The van der Waals surface area contributed by atoms with Crippen LogP contribution in [0.1, 0.15) is 46.0 Å². The summed E-state index contributed by atoms with van der Waals surface area (Å²) in [6, 6.07) is 0. The zero-order chi connectivity index (χ0) is 11.7. The molecular formula is C10H23O4P. The van der Waals surface area contributed by atoms with Gasteiger partial charge < -0.3 is 14.5 Å². The second kappa shape index (κ2) is 8.28. The van der Waals surface area contributed by atoms with Crippen molar-refractivity contribution in [2.24, 2.45) is 0 Å². The highest BCUT2D eigenvalue weighted by Crippen LogP contribution is 2.44. The lowest BCUT2D eigenvalue weighted by molar-refractivity contribution is 0.150. The molecule has 2 atom stereocenters. The van der Waals surface area contributed by atoms with Gasteiger partial charge in [-0.3, -0.25) is 4.57 Å². The number of hydrogen-bond acceptors (Lipinski definition) is 3. The molecule has 0 fully saturated rings. The van der Waals surface area contributed by atoms with Gasteiger partial charge in [-0.2, -0.15) is 0 Å². The van der Waals surface area contributed by atoms with E-state index in [0.29, 0.717) is 0 Å². The van der Waals surface area contributed by atoms with Crippen LogP contribution >= 0.6 is 7.60 Å². The number of aliphatic hydroxyl groups is 1. The third-order valence-corrected chi connectivity index (χ3v) is 3.58. The zero-order valence-electron chi connectivity index (χ0n) is 9.69. The molecule has 4 nitrogen and oxygen atoms in total. The largest absolute Gasteiger partial charge is 0.396 e. The molecule has 0 rings (SSSR count). The summed E-state index contributed by atoms with van der Waals surface area (Å²) < 4.78 is 16.6. The van der Waals surface area contributed by atoms with E-state index < -0.39 is 7.60 Å². The molecule has 0 aromatic heterocycles. The van der Waals surface area contributed by atoms with Crippen molar-refractivity contribution in [3.63, 3.8) is 0 Å². The Morgan fingerprint density at radius 1 is 1.27 bits per heavy atom. The van der Waals surface area contributed by atoms with Crippen molar-refractivity contribution in [2.45, 2.75) is 52.1 Å². The van der Waals surface area contributed by atoms with Crippen LogP contribution in [-0.4, -0.2) is 28.9 Å². The molecular weight excluding hydrogens is 215 g/mol. The van der Waals surface area contributed by atoms with Crippen molar-refractivity contribution >= 4 is 7.60 Å². The first-order valence-electron chi connectivity index (χ1n) is 5.66. The van der Waals surface area contributed by atoms with E-state index in [1.165, 1.54) is 0 Å². The second-order valence-corrected chi connectivity index (χ2v) is 5.68. The SMILES string of the molecule is CCCCC(CCC)OP(=O)(O)CCO. The Labute approximate surface area is 92.2 Å². The van der Waals surface area contributed by atoms with E-state index in [4.69, 9.17) is 9.63 Å². The minimum absolute atomic E-state index is 0.141. The molecule has 0 bridgehead atoms. The van der Waals surface area contributed by atoms with E-state index in [1.807, 2.05) is 6.92 Å². The first-order valence-corrected chi connectivity index (χ1v) is 7.43. The topological polar surface area (TPSA) is 66.8 Å². The van der Waals surface area contributed by atoms with Crippen LogP contribution in [0.2, 0.25) is 0 Å². The van der Waals surface area contributed by atoms with E-state index >= 15 is 0 Å². The van der Waals surface area contributed by atoms with Crippen LogP contribution in [0, 0.1) is 0 Å². The van der Waals surface area contributed by atoms with Crippen molar-refractivity contribution in [3.8, 4) is 0 Å². The van der Waals surface area contributed by atoms with Crippen LogP contribution in [0.25, 0.3) is 0 Å². The van der Waals surface area contributed by atoms with Crippen LogP contribution in [0.4, 0.5) is 0 Å². The Balaban J connectivity index is 4.07. The minimum Gasteiger partial charge on any atom is -0.396 e. The van der Waals surface area contributed by atoms with Crippen LogP contribution < -0.4 is 0 Å². The summed E-state index contributed by atoms with van der Waals surface area (Å²) in [7, 11) is -3.57. The first kappa shape index (κ1) is 15.1. The molecule has 0 saturated heterocycles. The van der Waals surface area contributed by atoms with E-state index in [2.05, 4.69) is 6.92 Å². The highest BCUT2D eigenvalue weighted by molar-refractivity contribution is 7.52. The molecule has 0 amide bonds. The summed E-state index contributed by atoms with van der Waals surface area (Å²) in [5.74, 6) is 0. The summed E-state index contributed by atoms with van der Waals surface area (Å²) >= 11 is 0. The Morgan fingerprint density at radius 3 is 2.40 bits per heavy atom. The van der Waals surface area contributed by atoms with Gasteiger partial charge in [0.05, 0.1) is 18.9 Å². The molecule has 0 radical (unpaired) electrons. The predicted octanol–water partition coefficient (Wildman–Crippen LogP) is 2.54. The fourth-order valence-electron chi connectivity index (χ4n) is 1.42. The predicted molar refractivity (Wildman–Crippen MR) is 61.1 cm³/mol. The number of rotatable bonds is 9. The zero-order valence-corrected chi connectivity index (χ0v) is 10.6. The lowest BCUT2D eigenvalue weighted by Gasteiger charge is -2.20. The molecule has 0 aliphatic rings. The smallest absolute Gasteiger partial charge is 0.330 e. The van der Waals surface area contributed by atoms with Gasteiger partial charge in [-0.05, 0) is 12.8 Å². The van der Waals surface area contributed by atoms with Gasteiger partial charge in [-0.1, -0.05) is 33.1 Å². The van der Waals surface area contributed by atoms with Crippen molar-refractivity contribution in [1.29, 1.82) is 0 Å². The minimum atomic E-state index is -3.57. The van der Waals surface area contributed by atoms with E-state index in [9.17, 15) is 9.46 Å². The monoisotopic (exact) mass is 238 g/mol. The molecule has 15 heavy (non-hydrogen) atoms. The van der Waals surface area contributed by atoms with Gasteiger partial charge in [0, 0.05) is 0 Å². The molecule has 0 saturated carbocycles.